The van der Waals surface area contributed by atoms with Crippen molar-refractivity contribution in [2.24, 2.45) is 0 Å². The number of carbonyl (C=O) groups excluding carboxylic acids is 1. The number of fused-ring (bicyclic) bond motifs is 1. The number of aromatic nitrogens is 3. The second-order valence-electron chi connectivity index (χ2n) is 6.84. The lowest BCUT2D eigenvalue weighted by Crippen LogP contribution is -2.08. The van der Waals surface area contributed by atoms with Crippen molar-refractivity contribution in [2.45, 2.75) is 0 Å². The van der Waals surface area contributed by atoms with Gasteiger partial charge in [-0.15, -0.1) is 0 Å². The number of nitrogens with one attached hydrogen (secondary N) is 1. The van der Waals surface area contributed by atoms with Gasteiger partial charge in [-0.2, -0.15) is 0 Å². The number of amides is 1. The Kier molecular flexibility index (Phi) is 5.07. The summed E-state index contributed by atoms with van der Waals surface area (Å²) < 4.78 is 1.88. The van der Waals surface area contributed by atoms with E-state index in [-0.39, 0.29) is 5.91 Å². The Morgan fingerprint density at radius 3 is 2.52 bits per heavy atom. The zero-order valence-corrected chi connectivity index (χ0v) is 16.3. The van der Waals surface area contributed by atoms with Crippen LogP contribution >= 0.6 is 0 Å². The maximum atomic E-state index is 12.2. The van der Waals surface area contributed by atoms with Crippen molar-refractivity contribution >= 4 is 29.1 Å². The second-order valence-corrected chi connectivity index (χ2v) is 6.84. The van der Waals surface area contributed by atoms with E-state index in [1.807, 2.05) is 90.4 Å². The second kappa shape index (κ2) is 7.98. The van der Waals surface area contributed by atoms with Gasteiger partial charge in [-0.1, -0.05) is 24.3 Å². The number of imidazole rings is 1. The first-order valence-electron chi connectivity index (χ1n) is 9.25. The molecule has 6 nitrogen and oxygen atoms in total. The van der Waals surface area contributed by atoms with Gasteiger partial charge in [0.2, 0.25) is 11.7 Å². The van der Waals surface area contributed by atoms with Crippen molar-refractivity contribution in [3.05, 3.63) is 84.8 Å². The fourth-order valence-electron chi connectivity index (χ4n) is 2.93. The molecule has 0 fully saturated rings. The minimum absolute atomic E-state index is 0.175. The summed E-state index contributed by atoms with van der Waals surface area (Å²) in [6, 6.07) is 17.5. The molecule has 6 heteroatoms. The van der Waals surface area contributed by atoms with Crippen LogP contribution in [0, 0.1) is 0 Å². The van der Waals surface area contributed by atoms with E-state index in [1.165, 1.54) is 6.08 Å². The maximum absolute atomic E-state index is 12.2. The minimum atomic E-state index is -0.175. The maximum Gasteiger partial charge on any atom is 0.248 e. The standard InChI is InChI=1S/C23H21N5O/c1-27(2)20-11-4-17(5-12-20)6-13-22(29)25-19-9-7-18(8-10-19)21-16-28-15-3-14-24-23(28)26-21/h3-16H,1-2H3,(H,25,29)/b13-6-. The predicted octanol–water partition coefficient (Wildman–Crippen LogP) is 4.11. The average molecular weight is 383 g/mol. The van der Waals surface area contributed by atoms with Crippen LogP contribution < -0.4 is 10.2 Å². The van der Waals surface area contributed by atoms with Gasteiger partial charge in [0.15, 0.2) is 0 Å². The SMILES string of the molecule is CN(C)c1ccc(/C=C\C(=O)Nc2ccc(-c3cn4cccnc4n3)cc2)cc1. The summed E-state index contributed by atoms with van der Waals surface area (Å²) >= 11 is 0. The zero-order chi connectivity index (χ0) is 20.2. The van der Waals surface area contributed by atoms with Crippen LogP contribution in [-0.4, -0.2) is 34.4 Å². The lowest BCUT2D eigenvalue weighted by Gasteiger charge is -2.11. The summed E-state index contributed by atoms with van der Waals surface area (Å²) in [7, 11) is 3.99. The fraction of sp³-hybridized carbons (Fsp3) is 0.0870. The molecule has 0 aliphatic rings. The summed E-state index contributed by atoms with van der Waals surface area (Å²) in [6.45, 7) is 0. The molecule has 0 aliphatic heterocycles. The van der Waals surface area contributed by atoms with Gasteiger partial charge >= 0.3 is 0 Å². The van der Waals surface area contributed by atoms with Crippen LogP contribution in [0.15, 0.2) is 79.3 Å². The molecular formula is C23H21N5O. The first-order valence-corrected chi connectivity index (χ1v) is 9.25. The third kappa shape index (κ3) is 4.32. The van der Waals surface area contributed by atoms with Crippen molar-refractivity contribution in [3.8, 4) is 11.3 Å². The molecule has 0 saturated heterocycles. The predicted molar refractivity (Wildman–Crippen MR) is 117 cm³/mol. The fourth-order valence-corrected chi connectivity index (χ4v) is 2.93. The smallest absolute Gasteiger partial charge is 0.248 e. The summed E-state index contributed by atoms with van der Waals surface area (Å²) in [5.41, 5.74) is 4.62. The molecule has 1 amide bonds. The van der Waals surface area contributed by atoms with Crippen molar-refractivity contribution in [3.63, 3.8) is 0 Å². The zero-order valence-electron chi connectivity index (χ0n) is 16.3. The van der Waals surface area contributed by atoms with Crippen molar-refractivity contribution in [1.82, 2.24) is 14.4 Å². The number of hydrogen-bond donors (Lipinski definition) is 1. The molecule has 0 saturated carbocycles. The number of nitrogens with zero attached hydrogens (tertiary/aromatic N) is 4. The molecule has 0 radical (unpaired) electrons. The normalized spacial score (nSPS) is 11.1. The quantitative estimate of drug-likeness (QED) is 0.527. The molecule has 0 bridgehead atoms. The van der Waals surface area contributed by atoms with Gasteiger partial charge in [0.1, 0.15) is 0 Å². The number of benzene rings is 2. The van der Waals surface area contributed by atoms with Gasteiger partial charge < -0.3 is 10.2 Å². The first kappa shape index (κ1) is 18.4. The summed E-state index contributed by atoms with van der Waals surface area (Å²) in [4.78, 5) is 23.0. The molecule has 4 aromatic rings. The average Bonchev–Trinajstić information content (AvgIpc) is 3.17. The van der Waals surface area contributed by atoms with Crippen molar-refractivity contribution < 1.29 is 4.79 Å². The first-order chi connectivity index (χ1) is 14.1. The van der Waals surface area contributed by atoms with E-state index < -0.39 is 0 Å². The van der Waals surface area contributed by atoms with E-state index in [0.29, 0.717) is 5.78 Å². The molecular weight excluding hydrogens is 362 g/mol. The molecule has 2 aromatic heterocycles. The molecule has 0 unspecified atom stereocenters. The topological polar surface area (TPSA) is 62.5 Å². The van der Waals surface area contributed by atoms with E-state index in [2.05, 4.69) is 15.3 Å². The summed E-state index contributed by atoms with van der Waals surface area (Å²) in [5, 5.41) is 2.88. The molecule has 0 spiro atoms. The van der Waals surface area contributed by atoms with Gasteiger partial charge in [-0.05, 0) is 42.0 Å². The Morgan fingerprint density at radius 2 is 1.83 bits per heavy atom. The van der Waals surface area contributed by atoms with Crippen LogP contribution in [0.1, 0.15) is 5.56 Å². The van der Waals surface area contributed by atoms with Gasteiger partial charge in [-0.25, -0.2) is 9.97 Å². The molecule has 2 heterocycles. The van der Waals surface area contributed by atoms with E-state index in [0.717, 1.165) is 28.2 Å². The molecule has 29 heavy (non-hydrogen) atoms. The Morgan fingerprint density at radius 1 is 1.07 bits per heavy atom. The van der Waals surface area contributed by atoms with E-state index in [9.17, 15) is 4.79 Å². The van der Waals surface area contributed by atoms with Crippen LogP contribution in [0.25, 0.3) is 23.1 Å². The lowest BCUT2D eigenvalue weighted by molar-refractivity contribution is -0.111. The molecule has 144 valence electrons. The monoisotopic (exact) mass is 383 g/mol. The number of hydrogen-bond acceptors (Lipinski definition) is 4. The lowest BCUT2D eigenvalue weighted by atomic mass is 10.1. The van der Waals surface area contributed by atoms with Gasteiger partial charge in [0.25, 0.3) is 0 Å². The highest BCUT2D eigenvalue weighted by atomic mass is 16.1. The molecule has 2 aromatic carbocycles. The highest BCUT2D eigenvalue weighted by Gasteiger charge is 2.05. The van der Waals surface area contributed by atoms with E-state index in [1.54, 1.807) is 12.3 Å². The number of rotatable bonds is 5. The van der Waals surface area contributed by atoms with Crippen molar-refractivity contribution in [2.75, 3.05) is 24.3 Å². The Bertz CT molecular complexity index is 1130. The minimum Gasteiger partial charge on any atom is -0.378 e. The van der Waals surface area contributed by atoms with Crippen LogP contribution in [0.2, 0.25) is 0 Å². The third-order valence-corrected chi connectivity index (χ3v) is 4.52. The van der Waals surface area contributed by atoms with Crippen LogP contribution in [-0.2, 0) is 4.79 Å². The highest BCUT2D eigenvalue weighted by Crippen LogP contribution is 2.21. The number of carbonyl (C=O) groups is 1. The molecule has 1 N–H and O–H groups in total. The largest absolute Gasteiger partial charge is 0.378 e. The Balaban J connectivity index is 1.40. The summed E-state index contributed by atoms with van der Waals surface area (Å²) in [5.74, 6) is 0.481. The van der Waals surface area contributed by atoms with E-state index in [4.69, 9.17) is 0 Å². The number of anilines is 2. The third-order valence-electron chi connectivity index (χ3n) is 4.52. The Hall–Kier alpha value is -3.93. The molecule has 0 atom stereocenters. The Labute approximate surface area is 169 Å². The summed E-state index contributed by atoms with van der Waals surface area (Å²) in [6.07, 6.45) is 8.89. The molecule has 4 rings (SSSR count). The van der Waals surface area contributed by atoms with Crippen LogP contribution in [0.4, 0.5) is 11.4 Å². The highest BCUT2D eigenvalue weighted by molar-refractivity contribution is 6.02. The van der Waals surface area contributed by atoms with Gasteiger partial charge in [0.05, 0.1) is 5.69 Å². The van der Waals surface area contributed by atoms with E-state index >= 15 is 0 Å². The van der Waals surface area contributed by atoms with Crippen molar-refractivity contribution in [1.29, 1.82) is 0 Å². The van der Waals surface area contributed by atoms with Crippen LogP contribution in [0.5, 0.6) is 0 Å². The van der Waals surface area contributed by atoms with Crippen LogP contribution in [0.3, 0.4) is 0 Å². The van der Waals surface area contributed by atoms with Gasteiger partial charge in [0, 0.05) is 55.7 Å². The molecule has 0 aliphatic carbocycles. The van der Waals surface area contributed by atoms with Gasteiger partial charge in [-0.3, -0.25) is 9.20 Å².